The molecule has 0 spiro atoms. The van der Waals surface area contributed by atoms with E-state index in [1.807, 2.05) is 10.6 Å². The maximum absolute atomic E-state index is 12.9. The molecule has 4 nitrogen and oxygen atoms in total. The first-order valence-corrected chi connectivity index (χ1v) is 9.72. The van der Waals surface area contributed by atoms with Gasteiger partial charge in [0.05, 0.1) is 0 Å². The average Bonchev–Trinajstić information content (AvgIpc) is 2.55. The lowest BCUT2D eigenvalue weighted by molar-refractivity contribution is 0.0950. The molecule has 0 saturated heterocycles. The molecular formula is C20H32N2O2. The third kappa shape index (κ3) is 4.71. The zero-order valence-corrected chi connectivity index (χ0v) is 15.3. The predicted molar refractivity (Wildman–Crippen MR) is 98.7 cm³/mol. The van der Waals surface area contributed by atoms with E-state index in [0.717, 1.165) is 57.9 Å². The van der Waals surface area contributed by atoms with Crippen molar-refractivity contribution < 1.29 is 4.79 Å². The lowest BCUT2D eigenvalue weighted by Crippen LogP contribution is -2.36. The van der Waals surface area contributed by atoms with Gasteiger partial charge in [-0.2, -0.15) is 0 Å². The van der Waals surface area contributed by atoms with E-state index in [9.17, 15) is 9.59 Å². The Morgan fingerprint density at radius 1 is 1.08 bits per heavy atom. The zero-order chi connectivity index (χ0) is 17.4. The molecule has 1 amide bonds. The van der Waals surface area contributed by atoms with E-state index in [1.54, 1.807) is 0 Å². The Morgan fingerprint density at radius 2 is 1.79 bits per heavy atom. The summed E-state index contributed by atoms with van der Waals surface area (Å²) in [4.78, 5) is 25.4. The molecule has 24 heavy (non-hydrogen) atoms. The van der Waals surface area contributed by atoms with Crippen molar-refractivity contribution in [2.75, 3.05) is 6.54 Å². The van der Waals surface area contributed by atoms with Crippen LogP contribution in [0.1, 0.15) is 86.8 Å². The van der Waals surface area contributed by atoms with Gasteiger partial charge < -0.3 is 9.88 Å². The summed E-state index contributed by atoms with van der Waals surface area (Å²) in [6.45, 7) is 5.60. The Hall–Kier alpha value is -1.58. The fourth-order valence-electron chi connectivity index (χ4n) is 3.42. The molecule has 1 aromatic heterocycles. The molecule has 0 aromatic carbocycles. The van der Waals surface area contributed by atoms with Crippen molar-refractivity contribution in [1.29, 1.82) is 0 Å². The Labute approximate surface area is 145 Å². The molecule has 1 N–H and O–H groups in total. The molecule has 0 saturated carbocycles. The topological polar surface area (TPSA) is 51.1 Å². The first kappa shape index (κ1) is 18.8. The van der Waals surface area contributed by atoms with Crippen LogP contribution in [0.5, 0.6) is 0 Å². The number of aromatic nitrogens is 1. The van der Waals surface area contributed by atoms with E-state index in [-0.39, 0.29) is 11.5 Å². The number of carbonyl (C=O) groups excluding carboxylic acids is 1. The number of nitrogens with zero attached hydrogens (tertiary/aromatic N) is 1. The summed E-state index contributed by atoms with van der Waals surface area (Å²) in [5.74, 6) is -0.205. The number of hydrogen-bond donors (Lipinski definition) is 1. The molecule has 0 bridgehead atoms. The highest BCUT2D eigenvalue weighted by molar-refractivity contribution is 5.94. The highest BCUT2D eigenvalue weighted by Gasteiger charge is 2.19. The minimum atomic E-state index is -0.205. The number of hydrogen-bond acceptors (Lipinski definition) is 2. The van der Waals surface area contributed by atoms with Gasteiger partial charge in [-0.1, -0.05) is 39.5 Å². The molecule has 1 heterocycles. The minimum absolute atomic E-state index is 0.100. The van der Waals surface area contributed by atoms with Gasteiger partial charge in [-0.15, -0.1) is 0 Å². The molecule has 4 heteroatoms. The highest BCUT2D eigenvalue weighted by atomic mass is 16.2. The molecule has 1 aromatic rings. The highest BCUT2D eigenvalue weighted by Crippen LogP contribution is 2.20. The van der Waals surface area contributed by atoms with Crippen LogP contribution in [-0.4, -0.2) is 17.0 Å². The standard InChI is InChI=1S/C20H32N2O2/c1-3-5-13-21-19(23)17-15-16-11-9-7-8-10-12-18(16)22(20(17)24)14-6-4-2/h15H,3-14H2,1-2H3,(H,21,23). The maximum atomic E-state index is 12.9. The van der Waals surface area contributed by atoms with Crippen LogP contribution < -0.4 is 10.9 Å². The van der Waals surface area contributed by atoms with Crippen molar-refractivity contribution in [3.8, 4) is 0 Å². The van der Waals surface area contributed by atoms with Crippen molar-refractivity contribution in [3.05, 3.63) is 33.2 Å². The van der Waals surface area contributed by atoms with Crippen LogP contribution >= 0.6 is 0 Å². The molecule has 134 valence electrons. The van der Waals surface area contributed by atoms with E-state index in [2.05, 4.69) is 19.2 Å². The first-order valence-electron chi connectivity index (χ1n) is 9.72. The minimum Gasteiger partial charge on any atom is -0.352 e. The van der Waals surface area contributed by atoms with Crippen molar-refractivity contribution in [2.24, 2.45) is 0 Å². The Kier molecular flexibility index (Phi) is 7.54. The lowest BCUT2D eigenvalue weighted by Gasteiger charge is -2.21. The summed E-state index contributed by atoms with van der Waals surface area (Å²) in [5, 5.41) is 2.91. The van der Waals surface area contributed by atoms with E-state index in [4.69, 9.17) is 0 Å². The summed E-state index contributed by atoms with van der Waals surface area (Å²) in [6.07, 6.45) is 10.7. The number of unbranched alkanes of at least 4 members (excludes halogenated alkanes) is 2. The number of pyridine rings is 1. The first-order chi connectivity index (χ1) is 11.7. The van der Waals surface area contributed by atoms with Crippen LogP contribution in [0.15, 0.2) is 10.9 Å². The van der Waals surface area contributed by atoms with E-state index >= 15 is 0 Å². The van der Waals surface area contributed by atoms with Gasteiger partial charge >= 0.3 is 0 Å². The Morgan fingerprint density at radius 3 is 2.50 bits per heavy atom. The fraction of sp³-hybridized carbons (Fsp3) is 0.700. The fourth-order valence-corrected chi connectivity index (χ4v) is 3.42. The Balaban J connectivity index is 2.38. The number of amides is 1. The van der Waals surface area contributed by atoms with Gasteiger partial charge in [0.2, 0.25) is 0 Å². The molecule has 0 unspecified atom stereocenters. The van der Waals surface area contributed by atoms with Crippen LogP contribution in [0.3, 0.4) is 0 Å². The molecule has 1 aliphatic rings. The van der Waals surface area contributed by atoms with Gasteiger partial charge in [0.15, 0.2) is 0 Å². The van der Waals surface area contributed by atoms with Gasteiger partial charge in [-0.25, -0.2) is 0 Å². The van der Waals surface area contributed by atoms with Crippen LogP contribution in [0.25, 0.3) is 0 Å². The number of fused-ring (bicyclic) bond motifs is 1. The summed E-state index contributed by atoms with van der Waals surface area (Å²) >= 11 is 0. The third-order valence-corrected chi connectivity index (χ3v) is 4.90. The number of rotatable bonds is 7. The smallest absolute Gasteiger partial charge is 0.263 e. The van der Waals surface area contributed by atoms with E-state index < -0.39 is 0 Å². The van der Waals surface area contributed by atoms with E-state index in [1.165, 1.54) is 24.1 Å². The third-order valence-electron chi connectivity index (χ3n) is 4.90. The summed E-state index contributed by atoms with van der Waals surface area (Å²) in [7, 11) is 0. The van der Waals surface area contributed by atoms with Crippen molar-refractivity contribution in [3.63, 3.8) is 0 Å². The second-order valence-electron chi connectivity index (χ2n) is 6.86. The quantitative estimate of drug-likeness (QED) is 0.771. The number of nitrogens with one attached hydrogen (secondary N) is 1. The molecule has 2 rings (SSSR count). The SMILES string of the molecule is CCCCNC(=O)c1cc2c(n(CCCC)c1=O)CCCCCC2. The second kappa shape index (κ2) is 9.65. The molecule has 0 atom stereocenters. The van der Waals surface area contributed by atoms with Gasteiger partial charge in [0.25, 0.3) is 11.5 Å². The Bertz CT molecular complexity index is 604. The van der Waals surface area contributed by atoms with Gasteiger partial charge in [-0.05, 0) is 50.2 Å². The lowest BCUT2D eigenvalue weighted by atomic mass is 9.95. The van der Waals surface area contributed by atoms with Crippen LogP contribution in [0.4, 0.5) is 0 Å². The summed E-state index contributed by atoms with van der Waals surface area (Å²) in [6, 6.07) is 1.88. The summed E-state index contributed by atoms with van der Waals surface area (Å²) < 4.78 is 1.90. The summed E-state index contributed by atoms with van der Waals surface area (Å²) in [5.41, 5.74) is 2.63. The maximum Gasteiger partial charge on any atom is 0.263 e. The van der Waals surface area contributed by atoms with Crippen LogP contribution in [0, 0.1) is 0 Å². The van der Waals surface area contributed by atoms with Crippen molar-refractivity contribution in [1.82, 2.24) is 9.88 Å². The zero-order valence-electron chi connectivity index (χ0n) is 15.3. The molecular weight excluding hydrogens is 300 g/mol. The number of aryl methyl sites for hydroxylation is 1. The van der Waals surface area contributed by atoms with Gasteiger partial charge in [0, 0.05) is 18.8 Å². The van der Waals surface area contributed by atoms with Gasteiger partial charge in [-0.3, -0.25) is 9.59 Å². The predicted octanol–water partition coefficient (Wildman–Crippen LogP) is 3.84. The molecule has 1 aliphatic carbocycles. The largest absolute Gasteiger partial charge is 0.352 e. The van der Waals surface area contributed by atoms with Crippen LogP contribution in [-0.2, 0) is 19.4 Å². The van der Waals surface area contributed by atoms with Crippen molar-refractivity contribution in [2.45, 2.75) is 84.6 Å². The molecule has 0 radical (unpaired) electrons. The van der Waals surface area contributed by atoms with Crippen molar-refractivity contribution >= 4 is 5.91 Å². The molecule has 0 aliphatic heterocycles. The number of carbonyl (C=O) groups is 1. The second-order valence-corrected chi connectivity index (χ2v) is 6.86. The van der Waals surface area contributed by atoms with Crippen LogP contribution in [0.2, 0.25) is 0 Å². The van der Waals surface area contributed by atoms with Gasteiger partial charge in [0.1, 0.15) is 5.56 Å². The normalized spacial score (nSPS) is 14.6. The molecule has 0 fully saturated rings. The van der Waals surface area contributed by atoms with E-state index in [0.29, 0.717) is 12.1 Å². The average molecular weight is 332 g/mol. The monoisotopic (exact) mass is 332 g/mol.